The highest BCUT2D eigenvalue weighted by Gasteiger charge is 1.93. The summed E-state index contributed by atoms with van der Waals surface area (Å²) in [7, 11) is 1.53. The van der Waals surface area contributed by atoms with Gasteiger partial charge in [-0.25, -0.2) is 0 Å². The van der Waals surface area contributed by atoms with E-state index >= 15 is 0 Å². The van der Waals surface area contributed by atoms with Crippen LogP contribution in [0.2, 0.25) is 0 Å². The number of halogens is 1. The van der Waals surface area contributed by atoms with Crippen molar-refractivity contribution in [3.05, 3.63) is 48.0 Å². The molecule has 0 amide bonds. The quantitative estimate of drug-likeness (QED) is 0.552. The van der Waals surface area contributed by atoms with Gasteiger partial charge in [0, 0.05) is 27.6 Å². The molecule has 2 rings (SSSR count). The van der Waals surface area contributed by atoms with Crippen molar-refractivity contribution in [1.82, 2.24) is 0 Å². The molecule has 2 aromatic rings. The lowest BCUT2D eigenvalue weighted by Crippen LogP contribution is -1.81. The first-order chi connectivity index (χ1) is 7.40. The fraction of sp³-hybridized carbons (Fsp3) is 0.0769. The van der Waals surface area contributed by atoms with Gasteiger partial charge in [0.2, 0.25) is 0 Å². The van der Waals surface area contributed by atoms with Crippen LogP contribution in [0.3, 0.4) is 0 Å². The highest BCUT2D eigenvalue weighted by atomic mass is 127. The first-order valence-corrected chi connectivity index (χ1v) is 7.99. The number of hydrogen-bond donors (Lipinski definition) is 0. The van der Waals surface area contributed by atoms with E-state index in [1.54, 1.807) is 0 Å². The molecule has 2 heteroatoms. The molecular weight excluding hydrogens is 315 g/mol. The van der Waals surface area contributed by atoms with E-state index in [9.17, 15) is 0 Å². The van der Waals surface area contributed by atoms with Crippen molar-refractivity contribution in [1.29, 1.82) is 0 Å². The van der Waals surface area contributed by atoms with Gasteiger partial charge in [0.25, 0.3) is 0 Å². The molecule has 0 N–H and O–H groups in total. The highest BCUT2D eigenvalue weighted by Crippen LogP contribution is 2.16. The Hall–Kier alpha value is -0.660. The molecule has 0 aromatic heterocycles. The molecule has 0 aliphatic carbocycles. The number of rotatable bonds is 1. The van der Waals surface area contributed by atoms with Crippen LogP contribution in [-0.4, -0.2) is 0 Å². The van der Waals surface area contributed by atoms with Gasteiger partial charge >= 0.3 is 0 Å². The molecule has 0 aliphatic heterocycles. The second-order valence-corrected chi connectivity index (χ2v) is 4.89. The van der Waals surface area contributed by atoms with Crippen LogP contribution in [0.5, 0.6) is 0 Å². The standard InChI is InChI=1S/C13H9IS/c14-15-9-3-4-11-7-8-12-5-1-2-6-13(12)10-11/h1-2,5-8,10H,4H2. The summed E-state index contributed by atoms with van der Waals surface area (Å²) in [6, 6.07) is 14.9. The lowest BCUT2D eigenvalue weighted by Gasteiger charge is -1.99. The monoisotopic (exact) mass is 324 g/mol. The van der Waals surface area contributed by atoms with E-state index in [2.05, 4.69) is 74.8 Å². The van der Waals surface area contributed by atoms with E-state index in [0.29, 0.717) is 0 Å². The van der Waals surface area contributed by atoms with Crippen molar-refractivity contribution in [2.24, 2.45) is 0 Å². The van der Waals surface area contributed by atoms with Crippen molar-refractivity contribution >= 4 is 40.9 Å². The first-order valence-electron chi connectivity index (χ1n) is 4.63. The van der Waals surface area contributed by atoms with Crippen molar-refractivity contribution in [2.45, 2.75) is 6.42 Å². The second-order valence-electron chi connectivity index (χ2n) is 3.21. The summed E-state index contributed by atoms with van der Waals surface area (Å²) in [6.45, 7) is 0. The minimum absolute atomic E-state index is 0.834. The fourth-order valence-electron chi connectivity index (χ4n) is 1.51. The Morgan fingerprint density at radius 2 is 1.87 bits per heavy atom. The molecule has 0 saturated heterocycles. The van der Waals surface area contributed by atoms with Gasteiger partial charge < -0.3 is 0 Å². The van der Waals surface area contributed by atoms with E-state index in [4.69, 9.17) is 0 Å². The zero-order valence-corrected chi connectivity index (χ0v) is 11.0. The third-order valence-electron chi connectivity index (χ3n) is 2.22. The molecule has 0 atom stereocenters. The van der Waals surface area contributed by atoms with Crippen LogP contribution in [0.25, 0.3) is 10.8 Å². The zero-order valence-electron chi connectivity index (χ0n) is 8.03. The van der Waals surface area contributed by atoms with Crippen LogP contribution < -0.4 is 0 Å². The molecule has 0 unspecified atom stereocenters. The number of hydrogen-bond acceptors (Lipinski definition) is 1. The third-order valence-corrected chi connectivity index (χ3v) is 3.10. The van der Waals surface area contributed by atoms with E-state index in [0.717, 1.165) is 6.42 Å². The maximum Gasteiger partial charge on any atom is 0.0349 e. The van der Waals surface area contributed by atoms with E-state index < -0.39 is 0 Å². The SMILES string of the molecule is ISC#CCc1ccc2ccccc2c1. The van der Waals surface area contributed by atoms with Gasteiger partial charge in [0.15, 0.2) is 0 Å². The lowest BCUT2D eigenvalue weighted by molar-refractivity contribution is 1.34. The van der Waals surface area contributed by atoms with E-state index in [-0.39, 0.29) is 0 Å². The Morgan fingerprint density at radius 1 is 1.07 bits per heavy atom. The second kappa shape index (κ2) is 5.43. The van der Waals surface area contributed by atoms with E-state index in [1.807, 2.05) is 0 Å². The number of fused-ring (bicyclic) bond motifs is 1. The predicted molar refractivity (Wildman–Crippen MR) is 77.0 cm³/mol. The maximum absolute atomic E-state index is 3.12. The Morgan fingerprint density at radius 3 is 2.67 bits per heavy atom. The van der Waals surface area contributed by atoms with Gasteiger partial charge in [-0.05, 0) is 30.5 Å². The summed E-state index contributed by atoms with van der Waals surface area (Å²) in [5.41, 5.74) is 1.28. The summed E-state index contributed by atoms with van der Waals surface area (Å²) in [4.78, 5) is 0. The molecule has 74 valence electrons. The summed E-state index contributed by atoms with van der Waals surface area (Å²) >= 11 is 2.19. The van der Waals surface area contributed by atoms with Crippen LogP contribution in [-0.2, 0) is 6.42 Å². The summed E-state index contributed by atoms with van der Waals surface area (Å²) in [5, 5.41) is 5.58. The molecule has 0 aliphatic rings. The average Bonchev–Trinajstić information content (AvgIpc) is 2.29. The highest BCUT2D eigenvalue weighted by molar-refractivity contribution is 14.2. The van der Waals surface area contributed by atoms with Gasteiger partial charge in [-0.2, -0.15) is 0 Å². The molecule has 0 radical (unpaired) electrons. The van der Waals surface area contributed by atoms with Crippen molar-refractivity contribution in [3.8, 4) is 11.2 Å². The Labute approximate surface area is 106 Å². The van der Waals surface area contributed by atoms with Crippen LogP contribution in [0.1, 0.15) is 5.56 Å². The predicted octanol–water partition coefficient (Wildman–Crippen LogP) is 4.43. The Balaban J connectivity index is 2.30. The molecule has 15 heavy (non-hydrogen) atoms. The summed E-state index contributed by atoms with van der Waals surface area (Å²) < 4.78 is 0. The summed E-state index contributed by atoms with van der Waals surface area (Å²) in [6.07, 6.45) is 0.834. The topological polar surface area (TPSA) is 0 Å². The minimum Gasteiger partial charge on any atom is -0.0857 e. The van der Waals surface area contributed by atoms with Gasteiger partial charge in [-0.15, -0.1) is 0 Å². The zero-order chi connectivity index (χ0) is 10.5. The largest absolute Gasteiger partial charge is 0.0857 e. The summed E-state index contributed by atoms with van der Waals surface area (Å²) in [5.74, 6) is 3.12. The van der Waals surface area contributed by atoms with Crippen LogP contribution in [0.4, 0.5) is 0 Å². The van der Waals surface area contributed by atoms with Gasteiger partial charge in [-0.3, -0.25) is 0 Å². The molecule has 0 fully saturated rings. The van der Waals surface area contributed by atoms with Crippen molar-refractivity contribution < 1.29 is 0 Å². The van der Waals surface area contributed by atoms with Crippen LogP contribution in [0.15, 0.2) is 42.5 Å². The number of benzene rings is 2. The first kappa shape index (κ1) is 10.8. The Bertz CT molecular complexity index is 523. The van der Waals surface area contributed by atoms with E-state index in [1.165, 1.54) is 25.3 Å². The molecular formula is C13H9IS. The van der Waals surface area contributed by atoms with Crippen molar-refractivity contribution in [2.75, 3.05) is 0 Å². The Kier molecular flexibility index (Phi) is 3.93. The lowest BCUT2D eigenvalue weighted by atomic mass is 10.1. The molecule has 0 nitrogen and oxygen atoms in total. The molecule has 0 saturated carbocycles. The maximum atomic E-state index is 3.12. The smallest absolute Gasteiger partial charge is 0.0349 e. The molecule has 0 bridgehead atoms. The molecule has 0 spiro atoms. The van der Waals surface area contributed by atoms with Crippen LogP contribution in [0, 0.1) is 11.2 Å². The van der Waals surface area contributed by atoms with Crippen LogP contribution >= 0.6 is 30.1 Å². The third kappa shape index (κ3) is 2.90. The minimum atomic E-state index is 0.834. The van der Waals surface area contributed by atoms with Crippen molar-refractivity contribution in [3.63, 3.8) is 0 Å². The fourth-order valence-corrected chi connectivity index (χ4v) is 2.11. The normalized spacial score (nSPS) is 9.67. The van der Waals surface area contributed by atoms with Gasteiger partial charge in [-0.1, -0.05) is 48.4 Å². The van der Waals surface area contributed by atoms with Gasteiger partial charge in [0.05, 0.1) is 0 Å². The average molecular weight is 324 g/mol. The van der Waals surface area contributed by atoms with Gasteiger partial charge in [0.1, 0.15) is 0 Å². The molecule has 0 heterocycles. The molecule has 2 aromatic carbocycles.